The lowest BCUT2D eigenvalue weighted by Gasteiger charge is -2.38. The fourth-order valence-corrected chi connectivity index (χ4v) is 3.76. The molecule has 1 aliphatic rings. The van der Waals surface area contributed by atoms with Gasteiger partial charge in [-0.25, -0.2) is 0 Å². The number of furan rings is 1. The highest BCUT2D eigenvalue weighted by Gasteiger charge is 2.28. The summed E-state index contributed by atoms with van der Waals surface area (Å²) >= 11 is 0. The average molecular weight is 354 g/mol. The molecule has 0 spiro atoms. The number of aryl methyl sites for hydroxylation is 1. The van der Waals surface area contributed by atoms with Gasteiger partial charge in [-0.1, -0.05) is 26.0 Å². The van der Waals surface area contributed by atoms with Crippen LogP contribution in [0.15, 0.2) is 47.3 Å². The Labute approximate surface area is 156 Å². The summed E-state index contributed by atoms with van der Waals surface area (Å²) in [4.78, 5) is 17.4. The Morgan fingerprint density at radius 2 is 1.85 bits per heavy atom. The molecule has 2 heterocycles. The molecule has 1 aromatic heterocycles. The number of carbonyl (C=O) groups is 1. The van der Waals surface area contributed by atoms with Crippen molar-refractivity contribution in [2.45, 2.75) is 58.5 Å². The minimum atomic E-state index is 0.255. The number of carbonyl (C=O) groups excluding carboxylic acids is 1. The summed E-state index contributed by atoms with van der Waals surface area (Å²) in [5.74, 6) is 0.255. The molecular weight excluding hydrogens is 324 g/mol. The van der Waals surface area contributed by atoms with Gasteiger partial charge in [0.15, 0.2) is 0 Å². The molecule has 2 aromatic rings. The van der Waals surface area contributed by atoms with Crippen LogP contribution in [0, 0.1) is 0 Å². The fraction of sp³-hybridized carbons (Fsp3) is 0.500. The second-order valence-corrected chi connectivity index (χ2v) is 7.17. The number of hydrogen-bond donors (Lipinski definition) is 0. The van der Waals surface area contributed by atoms with Crippen LogP contribution in [0.1, 0.15) is 50.7 Å². The quantitative estimate of drug-likeness (QED) is 0.727. The average Bonchev–Trinajstić information content (AvgIpc) is 3.17. The molecule has 140 valence electrons. The molecule has 4 nitrogen and oxygen atoms in total. The molecule has 3 rings (SSSR count). The molecule has 1 aromatic carbocycles. The van der Waals surface area contributed by atoms with E-state index in [4.69, 9.17) is 4.42 Å². The van der Waals surface area contributed by atoms with E-state index >= 15 is 0 Å². The van der Waals surface area contributed by atoms with Crippen LogP contribution < -0.4 is 4.90 Å². The van der Waals surface area contributed by atoms with E-state index in [1.54, 1.807) is 6.26 Å². The second-order valence-electron chi connectivity index (χ2n) is 7.17. The number of nitrogens with zero attached hydrogens (tertiary/aromatic N) is 2. The summed E-state index contributed by atoms with van der Waals surface area (Å²) in [6.07, 6.45) is 8.11. The molecule has 26 heavy (non-hydrogen) atoms. The van der Waals surface area contributed by atoms with Crippen molar-refractivity contribution in [2.24, 2.45) is 0 Å². The molecule has 0 radical (unpaired) electrons. The van der Waals surface area contributed by atoms with Crippen molar-refractivity contribution in [3.05, 3.63) is 54.0 Å². The monoisotopic (exact) mass is 354 g/mol. The van der Waals surface area contributed by atoms with Crippen LogP contribution >= 0.6 is 0 Å². The Morgan fingerprint density at radius 3 is 2.42 bits per heavy atom. The van der Waals surface area contributed by atoms with Crippen LogP contribution in [0.5, 0.6) is 0 Å². The summed E-state index contributed by atoms with van der Waals surface area (Å²) in [6.45, 7) is 7.18. The molecule has 0 atom stereocenters. The van der Waals surface area contributed by atoms with E-state index < -0.39 is 0 Å². The zero-order valence-electron chi connectivity index (χ0n) is 16.0. The number of amides is 1. The highest BCUT2D eigenvalue weighted by molar-refractivity contribution is 5.94. The second kappa shape index (κ2) is 9.04. The number of anilines is 1. The van der Waals surface area contributed by atoms with Gasteiger partial charge in [-0.3, -0.25) is 9.69 Å². The molecule has 0 saturated carbocycles. The molecule has 1 fully saturated rings. The maximum atomic E-state index is 12.8. The largest absolute Gasteiger partial charge is 0.472 e. The van der Waals surface area contributed by atoms with Crippen molar-refractivity contribution < 1.29 is 9.21 Å². The van der Waals surface area contributed by atoms with E-state index in [1.807, 2.05) is 12.3 Å². The van der Waals surface area contributed by atoms with E-state index in [0.29, 0.717) is 12.5 Å². The highest BCUT2D eigenvalue weighted by atomic mass is 16.3. The van der Waals surface area contributed by atoms with Gasteiger partial charge in [0, 0.05) is 43.3 Å². The smallest absolute Gasteiger partial charge is 0.227 e. The van der Waals surface area contributed by atoms with Crippen LogP contribution in [0.4, 0.5) is 5.69 Å². The Balaban J connectivity index is 1.68. The van der Waals surface area contributed by atoms with Crippen molar-refractivity contribution in [1.82, 2.24) is 4.90 Å². The number of piperidine rings is 1. The van der Waals surface area contributed by atoms with E-state index in [1.165, 1.54) is 11.1 Å². The SMILES string of the molecule is CCCC(=O)N(c1ccc(CC)cc1)C1CCN(Cc2ccoc2)CC1. The summed E-state index contributed by atoms with van der Waals surface area (Å²) in [7, 11) is 0. The first-order chi connectivity index (χ1) is 12.7. The van der Waals surface area contributed by atoms with Gasteiger partial charge in [0.25, 0.3) is 0 Å². The number of hydrogen-bond acceptors (Lipinski definition) is 3. The van der Waals surface area contributed by atoms with Crippen LogP contribution in [0.3, 0.4) is 0 Å². The maximum absolute atomic E-state index is 12.8. The Bertz CT molecular complexity index is 671. The van der Waals surface area contributed by atoms with Crippen LogP contribution in [0.25, 0.3) is 0 Å². The van der Waals surface area contributed by atoms with Gasteiger partial charge in [-0.2, -0.15) is 0 Å². The first kappa shape index (κ1) is 18.7. The van der Waals surface area contributed by atoms with Gasteiger partial charge < -0.3 is 9.32 Å². The molecular formula is C22H30N2O2. The summed E-state index contributed by atoms with van der Waals surface area (Å²) in [5.41, 5.74) is 3.58. The van der Waals surface area contributed by atoms with Crippen molar-refractivity contribution in [1.29, 1.82) is 0 Å². The molecule has 1 aliphatic heterocycles. The Morgan fingerprint density at radius 1 is 1.12 bits per heavy atom. The lowest BCUT2D eigenvalue weighted by molar-refractivity contribution is -0.119. The van der Waals surface area contributed by atoms with E-state index in [0.717, 1.165) is 51.0 Å². The van der Waals surface area contributed by atoms with Crippen molar-refractivity contribution in [3.63, 3.8) is 0 Å². The van der Waals surface area contributed by atoms with E-state index in [-0.39, 0.29) is 5.91 Å². The Hall–Kier alpha value is -2.07. The molecule has 1 amide bonds. The van der Waals surface area contributed by atoms with Crippen molar-refractivity contribution in [3.8, 4) is 0 Å². The first-order valence-electron chi connectivity index (χ1n) is 9.85. The third kappa shape index (κ3) is 4.55. The predicted molar refractivity (Wildman–Crippen MR) is 105 cm³/mol. The van der Waals surface area contributed by atoms with Crippen LogP contribution in [-0.4, -0.2) is 29.9 Å². The van der Waals surface area contributed by atoms with Gasteiger partial charge in [-0.15, -0.1) is 0 Å². The molecule has 0 N–H and O–H groups in total. The zero-order chi connectivity index (χ0) is 18.4. The van der Waals surface area contributed by atoms with Gasteiger partial charge >= 0.3 is 0 Å². The molecule has 0 unspecified atom stereocenters. The summed E-state index contributed by atoms with van der Waals surface area (Å²) < 4.78 is 5.17. The Kier molecular flexibility index (Phi) is 6.51. The number of rotatable bonds is 7. The summed E-state index contributed by atoms with van der Waals surface area (Å²) in [6, 6.07) is 10.8. The standard InChI is InChI=1S/C22H30N2O2/c1-3-5-22(25)24(20-8-6-18(4-2)7-9-20)21-10-13-23(14-11-21)16-19-12-15-26-17-19/h6-9,12,15,17,21H,3-5,10-11,13-14,16H2,1-2H3. The third-order valence-corrected chi connectivity index (χ3v) is 5.26. The van der Waals surface area contributed by atoms with Crippen LogP contribution in [-0.2, 0) is 17.8 Å². The molecule has 1 saturated heterocycles. The number of benzene rings is 1. The minimum absolute atomic E-state index is 0.255. The predicted octanol–water partition coefficient (Wildman–Crippen LogP) is 4.64. The summed E-state index contributed by atoms with van der Waals surface area (Å²) in [5, 5.41) is 0. The normalized spacial score (nSPS) is 15.9. The zero-order valence-corrected chi connectivity index (χ0v) is 16.0. The van der Waals surface area contributed by atoms with Gasteiger partial charge in [0.2, 0.25) is 5.91 Å². The van der Waals surface area contributed by atoms with Gasteiger partial charge in [0.05, 0.1) is 12.5 Å². The maximum Gasteiger partial charge on any atom is 0.227 e. The molecule has 0 bridgehead atoms. The lowest BCUT2D eigenvalue weighted by atomic mass is 10.0. The first-order valence-corrected chi connectivity index (χ1v) is 9.85. The van der Waals surface area contributed by atoms with Gasteiger partial charge in [-0.05, 0) is 49.4 Å². The van der Waals surface area contributed by atoms with Crippen LogP contribution in [0.2, 0.25) is 0 Å². The topological polar surface area (TPSA) is 36.7 Å². The van der Waals surface area contributed by atoms with E-state index in [9.17, 15) is 4.79 Å². The fourth-order valence-electron chi connectivity index (χ4n) is 3.76. The van der Waals surface area contributed by atoms with E-state index in [2.05, 4.69) is 47.9 Å². The highest BCUT2D eigenvalue weighted by Crippen LogP contribution is 2.26. The minimum Gasteiger partial charge on any atom is -0.472 e. The number of likely N-dealkylation sites (tertiary alicyclic amines) is 1. The molecule has 0 aliphatic carbocycles. The van der Waals surface area contributed by atoms with Crippen molar-refractivity contribution in [2.75, 3.05) is 18.0 Å². The molecule has 4 heteroatoms. The van der Waals surface area contributed by atoms with Gasteiger partial charge in [0.1, 0.15) is 0 Å². The lowest BCUT2D eigenvalue weighted by Crippen LogP contribution is -2.47. The van der Waals surface area contributed by atoms with Crippen molar-refractivity contribution >= 4 is 11.6 Å². The third-order valence-electron chi connectivity index (χ3n) is 5.26.